The van der Waals surface area contributed by atoms with Crippen LogP contribution in [0.2, 0.25) is 10.0 Å². The van der Waals surface area contributed by atoms with Gasteiger partial charge in [0.05, 0.1) is 21.5 Å². The van der Waals surface area contributed by atoms with Crippen LogP contribution in [-0.4, -0.2) is 21.8 Å². The molecular weight excluding hydrogens is 439 g/mol. The highest BCUT2D eigenvalue weighted by atomic mass is 79.9. The molecule has 0 saturated heterocycles. The second kappa shape index (κ2) is 8.03. The van der Waals surface area contributed by atoms with Gasteiger partial charge in [0.2, 0.25) is 0 Å². The Balaban J connectivity index is 1.72. The molecule has 0 spiro atoms. The number of amides is 1. The summed E-state index contributed by atoms with van der Waals surface area (Å²) in [6.45, 7) is 1.82. The van der Waals surface area contributed by atoms with E-state index in [1.807, 2.05) is 31.2 Å². The summed E-state index contributed by atoms with van der Waals surface area (Å²) in [6, 6.07) is 14.4. The van der Waals surface area contributed by atoms with Crippen molar-refractivity contribution in [2.75, 3.05) is 0 Å². The van der Waals surface area contributed by atoms with E-state index in [2.05, 4.69) is 36.7 Å². The first-order chi connectivity index (χ1) is 12.4. The van der Waals surface area contributed by atoms with E-state index >= 15 is 0 Å². The average Bonchev–Trinajstić information content (AvgIpc) is 3.12. The molecule has 26 heavy (non-hydrogen) atoms. The van der Waals surface area contributed by atoms with E-state index in [4.69, 9.17) is 23.2 Å². The molecule has 0 aliphatic rings. The second-order valence-electron chi connectivity index (χ2n) is 5.44. The molecule has 1 amide bonds. The van der Waals surface area contributed by atoms with Gasteiger partial charge < -0.3 is 0 Å². The fraction of sp³-hybridized carbons (Fsp3) is 0.0556. The number of aromatic nitrogens is 2. The lowest BCUT2D eigenvalue weighted by atomic mass is 10.1. The van der Waals surface area contributed by atoms with Crippen LogP contribution >= 0.6 is 39.1 Å². The van der Waals surface area contributed by atoms with Gasteiger partial charge in [-0.2, -0.15) is 10.2 Å². The molecule has 1 aromatic heterocycles. The third-order valence-electron chi connectivity index (χ3n) is 3.63. The standard InChI is InChI=1S/C18H13BrCl2N4O/c1-10(11-2-5-13(19)6-3-11)22-25-18(26)17-9-16(23-24-17)12-4-7-14(20)15(21)8-12/h2-9H,1H3,(H,23,24)(H,25,26)/b22-10+. The van der Waals surface area contributed by atoms with Crippen molar-refractivity contribution in [3.63, 3.8) is 0 Å². The lowest BCUT2D eigenvalue weighted by Gasteiger charge is -2.02. The van der Waals surface area contributed by atoms with Crippen LogP contribution in [0.3, 0.4) is 0 Å². The zero-order valence-corrected chi connectivity index (χ0v) is 16.7. The van der Waals surface area contributed by atoms with Gasteiger partial charge in [-0.1, -0.05) is 57.3 Å². The number of carbonyl (C=O) groups excluding carboxylic acids is 1. The van der Waals surface area contributed by atoms with Gasteiger partial charge in [-0.05, 0) is 42.8 Å². The van der Waals surface area contributed by atoms with Crippen LogP contribution < -0.4 is 5.43 Å². The number of carbonyl (C=O) groups is 1. The maximum absolute atomic E-state index is 12.3. The summed E-state index contributed by atoms with van der Waals surface area (Å²) in [4.78, 5) is 12.3. The number of benzene rings is 2. The predicted octanol–water partition coefficient (Wildman–Crippen LogP) is 5.30. The summed E-state index contributed by atoms with van der Waals surface area (Å²) in [5.41, 5.74) is 5.75. The average molecular weight is 452 g/mol. The van der Waals surface area contributed by atoms with E-state index in [0.717, 1.165) is 15.6 Å². The van der Waals surface area contributed by atoms with Gasteiger partial charge in [0.25, 0.3) is 5.91 Å². The van der Waals surface area contributed by atoms with Crippen molar-refractivity contribution in [3.8, 4) is 11.3 Å². The molecule has 3 rings (SSSR count). The van der Waals surface area contributed by atoms with Crippen LogP contribution in [0.25, 0.3) is 11.3 Å². The minimum Gasteiger partial charge on any atom is -0.272 e. The molecular formula is C18H13BrCl2N4O. The Kier molecular flexibility index (Phi) is 5.76. The number of hydrogen-bond acceptors (Lipinski definition) is 3. The molecule has 8 heteroatoms. The minimum atomic E-state index is -0.389. The largest absolute Gasteiger partial charge is 0.289 e. The molecule has 3 aromatic rings. The maximum atomic E-state index is 12.3. The highest BCUT2D eigenvalue weighted by molar-refractivity contribution is 9.10. The van der Waals surface area contributed by atoms with Gasteiger partial charge in [-0.25, -0.2) is 5.43 Å². The van der Waals surface area contributed by atoms with Gasteiger partial charge in [0, 0.05) is 10.0 Å². The fourth-order valence-electron chi connectivity index (χ4n) is 2.19. The highest BCUT2D eigenvalue weighted by Crippen LogP contribution is 2.27. The molecule has 0 fully saturated rings. The molecule has 5 nitrogen and oxygen atoms in total. The van der Waals surface area contributed by atoms with Crippen LogP contribution in [0.15, 0.2) is 58.1 Å². The van der Waals surface area contributed by atoms with Crippen molar-refractivity contribution in [3.05, 3.63) is 74.3 Å². The van der Waals surface area contributed by atoms with Crippen molar-refractivity contribution >= 4 is 50.8 Å². The first-order valence-corrected chi connectivity index (χ1v) is 9.10. The topological polar surface area (TPSA) is 70.1 Å². The molecule has 0 aliphatic carbocycles. The zero-order valence-electron chi connectivity index (χ0n) is 13.6. The van der Waals surface area contributed by atoms with Crippen LogP contribution in [0.4, 0.5) is 0 Å². The lowest BCUT2D eigenvalue weighted by molar-refractivity contribution is 0.0950. The molecule has 2 N–H and O–H groups in total. The van der Waals surface area contributed by atoms with E-state index in [1.54, 1.807) is 24.3 Å². The number of hydrogen-bond donors (Lipinski definition) is 2. The number of aromatic amines is 1. The zero-order chi connectivity index (χ0) is 18.7. The van der Waals surface area contributed by atoms with Gasteiger partial charge in [-0.15, -0.1) is 0 Å². The third-order valence-corrected chi connectivity index (χ3v) is 4.89. The number of nitrogens with one attached hydrogen (secondary N) is 2. The first kappa shape index (κ1) is 18.6. The van der Waals surface area contributed by atoms with Crippen molar-refractivity contribution in [2.45, 2.75) is 6.92 Å². The third kappa shape index (κ3) is 4.33. The predicted molar refractivity (Wildman–Crippen MR) is 108 cm³/mol. The van der Waals surface area contributed by atoms with E-state index in [0.29, 0.717) is 27.1 Å². The quantitative estimate of drug-likeness (QED) is 0.417. The highest BCUT2D eigenvalue weighted by Gasteiger charge is 2.12. The lowest BCUT2D eigenvalue weighted by Crippen LogP contribution is -2.19. The Morgan fingerprint density at radius 3 is 2.54 bits per heavy atom. The van der Waals surface area contributed by atoms with Gasteiger partial charge in [0.15, 0.2) is 0 Å². The molecule has 0 saturated carbocycles. The first-order valence-electron chi connectivity index (χ1n) is 7.55. The normalized spacial score (nSPS) is 11.5. The van der Waals surface area contributed by atoms with E-state index in [9.17, 15) is 4.79 Å². The number of hydrazone groups is 1. The number of halogens is 3. The molecule has 1 heterocycles. The SMILES string of the molecule is C/C(=N\NC(=O)c1cc(-c2ccc(Cl)c(Cl)c2)n[nH]1)c1ccc(Br)cc1. The van der Waals surface area contributed by atoms with E-state index in [-0.39, 0.29) is 5.91 Å². The summed E-state index contributed by atoms with van der Waals surface area (Å²) < 4.78 is 0.977. The van der Waals surface area contributed by atoms with Crippen molar-refractivity contribution in [2.24, 2.45) is 5.10 Å². The summed E-state index contributed by atoms with van der Waals surface area (Å²) >= 11 is 15.3. The number of nitrogens with zero attached hydrogens (tertiary/aromatic N) is 2. The smallest absolute Gasteiger partial charge is 0.272 e. The monoisotopic (exact) mass is 450 g/mol. The van der Waals surface area contributed by atoms with E-state index in [1.165, 1.54) is 0 Å². The van der Waals surface area contributed by atoms with Gasteiger partial charge in [-0.3, -0.25) is 9.89 Å². The fourth-order valence-corrected chi connectivity index (χ4v) is 2.75. The van der Waals surface area contributed by atoms with Crippen molar-refractivity contribution in [1.29, 1.82) is 0 Å². The van der Waals surface area contributed by atoms with Crippen molar-refractivity contribution < 1.29 is 4.79 Å². The van der Waals surface area contributed by atoms with Crippen LogP contribution in [0.1, 0.15) is 23.0 Å². The minimum absolute atomic E-state index is 0.290. The molecule has 0 unspecified atom stereocenters. The van der Waals surface area contributed by atoms with Crippen LogP contribution in [-0.2, 0) is 0 Å². The number of rotatable bonds is 4. The Labute approximate surface area is 168 Å². The Morgan fingerprint density at radius 2 is 1.85 bits per heavy atom. The molecule has 0 radical (unpaired) electrons. The molecule has 132 valence electrons. The Bertz CT molecular complexity index is 983. The second-order valence-corrected chi connectivity index (χ2v) is 7.17. The van der Waals surface area contributed by atoms with Gasteiger partial charge >= 0.3 is 0 Å². The van der Waals surface area contributed by atoms with E-state index < -0.39 is 0 Å². The van der Waals surface area contributed by atoms with Crippen LogP contribution in [0.5, 0.6) is 0 Å². The Morgan fingerprint density at radius 1 is 1.12 bits per heavy atom. The summed E-state index contributed by atoms with van der Waals surface area (Å²) in [7, 11) is 0. The molecule has 2 aromatic carbocycles. The van der Waals surface area contributed by atoms with Crippen LogP contribution in [0, 0.1) is 0 Å². The van der Waals surface area contributed by atoms with Gasteiger partial charge in [0.1, 0.15) is 5.69 Å². The number of H-pyrrole nitrogens is 1. The maximum Gasteiger partial charge on any atom is 0.289 e. The summed E-state index contributed by atoms with van der Waals surface area (Å²) in [5.74, 6) is -0.389. The summed E-state index contributed by atoms with van der Waals surface area (Å²) in [5, 5.41) is 11.8. The Hall–Kier alpha value is -2.15. The van der Waals surface area contributed by atoms with Crippen molar-refractivity contribution in [1.82, 2.24) is 15.6 Å². The summed E-state index contributed by atoms with van der Waals surface area (Å²) in [6.07, 6.45) is 0. The molecule has 0 atom stereocenters. The molecule has 0 bridgehead atoms. The molecule has 0 aliphatic heterocycles.